The van der Waals surface area contributed by atoms with E-state index < -0.39 is 0 Å². The lowest BCUT2D eigenvalue weighted by Crippen LogP contribution is -2.11. The molecule has 236 valence electrons. The molecule has 0 unspecified atom stereocenters. The Morgan fingerprint density at radius 3 is 1.54 bits per heavy atom. The first kappa shape index (κ1) is 29.9. The topological polar surface area (TPSA) is 3.24 Å². The minimum atomic E-state index is 1.12. The third-order valence-electron chi connectivity index (χ3n) is 9.48. The van der Waals surface area contributed by atoms with E-state index in [0.29, 0.717) is 0 Å². The Labute approximate surface area is 297 Å². The van der Waals surface area contributed by atoms with Gasteiger partial charge >= 0.3 is 0 Å². The largest absolute Gasteiger partial charge is 0.308 e. The van der Waals surface area contributed by atoms with Gasteiger partial charge in [-0.05, 0) is 81.4 Å². The normalized spacial score (nSPS) is 11.2. The van der Waals surface area contributed by atoms with E-state index in [4.69, 9.17) is 0 Å². The third-order valence-corrected chi connectivity index (χ3v) is 10.7. The number of fused-ring (bicyclic) bond motifs is 3. The number of hydrogen-bond donors (Lipinski definition) is 0. The number of nitrogens with zero attached hydrogens (tertiary/aromatic N) is 1. The summed E-state index contributed by atoms with van der Waals surface area (Å²) >= 11 is 1.87. The monoisotopic (exact) mass is 655 g/mol. The van der Waals surface area contributed by atoms with Crippen LogP contribution in [0.1, 0.15) is 0 Å². The minimum Gasteiger partial charge on any atom is -0.308 e. The van der Waals surface area contributed by atoms with Crippen molar-refractivity contribution in [2.45, 2.75) is 0 Å². The van der Waals surface area contributed by atoms with Crippen LogP contribution in [0.15, 0.2) is 200 Å². The molecule has 0 aliphatic heterocycles. The van der Waals surface area contributed by atoms with Gasteiger partial charge in [0.1, 0.15) is 0 Å². The van der Waals surface area contributed by atoms with E-state index in [0.717, 1.165) is 11.4 Å². The van der Waals surface area contributed by atoms with Crippen LogP contribution in [0.5, 0.6) is 0 Å². The van der Waals surface area contributed by atoms with Gasteiger partial charge in [0.05, 0.1) is 16.1 Å². The molecule has 0 fully saturated rings. The zero-order valence-corrected chi connectivity index (χ0v) is 28.2. The Bertz CT molecular complexity index is 2570. The molecule has 0 atom stereocenters. The summed E-state index contributed by atoms with van der Waals surface area (Å²) in [4.78, 5) is 2.46. The number of thiophene rings is 1. The van der Waals surface area contributed by atoms with Gasteiger partial charge in [-0.3, -0.25) is 0 Å². The molecule has 0 aliphatic carbocycles. The van der Waals surface area contributed by atoms with Crippen molar-refractivity contribution in [2.24, 2.45) is 0 Å². The van der Waals surface area contributed by atoms with Crippen molar-refractivity contribution in [2.75, 3.05) is 4.90 Å². The Hall–Kier alpha value is -6.22. The van der Waals surface area contributed by atoms with Gasteiger partial charge in [-0.1, -0.05) is 158 Å². The molecule has 50 heavy (non-hydrogen) atoms. The first-order valence-electron chi connectivity index (χ1n) is 17.0. The van der Waals surface area contributed by atoms with Crippen molar-refractivity contribution in [1.82, 2.24) is 0 Å². The fraction of sp³-hybridized carbons (Fsp3) is 0. The van der Waals surface area contributed by atoms with Gasteiger partial charge in [0.15, 0.2) is 0 Å². The highest BCUT2D eigenvalue weighted by atomic mass is 32.1. The predicted octanol–water partition coefficient (Wildman–Crippen LogP) is 14.2. The van der Waals surface area contributed by atoms with Gasteiger partial charge < -0.3 is 4.90 Å². The highest BCUT2D eigenvalue weighted by Gasteiger charge is 2.22. The summed E-state index contributed by atoms with van der Waals surface area (Å²) in [6.07, 6.45) is 0. The second-order valence-electron chi connectivity index (χ2n) is 12.5. The predicted molar refractivity (Wildman–Crippen MR) is 216 cm³/mol. The van der Waals surface area contributed by atoms with Crippen LogP contribution in [-0.4, -0.2) is 0 Å². The van der Waals surface area contributed by atoms with Crippen LogP contribution in [0, 0.1) is 0 Å². The molecule has 1 aromatic heterocycles. The molecule has 2 heteroatoms. The first-order chi connectivity index (χ1) is 24.8. The summed E-state index contributed by atoms with van der Waals surface area (Å²) in [6.45, 7) is 0. The van der Waals surface area contributed by atoms with Crippen LogP contribution in [-0.2, 0) is 0 Å². The average Bonchev–Trinajstić information content (AvgIpc) is 3.59. The lowest BCUT2D eigenvalue weighted by Gasteiger charge is -2.29. The highest BCUT2D eigenvalue weighted by molar-refractivity contribution is 7.26. The van der Waals surface area contributed by atoms with Crippen molar-refractivity contribution < 1.29 is 0 Å². The Morgan fingerprint density at radius 1 is 0.320 bits per heavy atom. The SMILES string of the molecule is c1ccc(-c2ccc(N(c3ccc(-c4cccc(-c5ccccc5)c4)cc3-c3ccccc3)c3cccc4c3sc3ccccc34)cc2)cc1. The molecule has 0 N–H and O–H groups in total. The van der Waals surface area contributed by atoms with Crippen LogP contribution in [0.25, 0.3) is 64.7 Å². The molecule has 0 spiro atoms. The maximum atomic E-state index is 2.46. The van der Waals surface area contributed by atoms with Crippen molar-refractivity contribution in [1.29, 1.82) is 0 Å². The summed E-state index contributed by atoms with van der Waals surface area (Å²) < 4.78 is 2.57. The summed E-state index contributed by atoms with van der Waals surface area (Å²) in [6, 6.07) is 72.3. The highest BCUT2D eigenvalue weighted by Crippen LogP contribution is 2.48. The van der Waals surface area contributed by atoms with E-state index in [1.54, 1.807) is 0 Å². The molecule has 0 aliphatic rings. The lowest BCUT2D eigenvalue weighted by molar-refractivity contribution is 1.30. The molecular formula is C48H33NS. The Balaban J connectivity index is 1.26. The Morgan fingerprint density at radius 2 is 0.820 bits per heavy atom. The smallest absolute Gasteiger partial charge is 0.0640 e. The van der Waals surface area contributed by atoms with E-state index >= 15 is 0 Å². The van der Waals surface area contributed by atoms with Crippen LogP contribution in [0.4, 0.5) is 17.1 Å². The molecule has 9 rings (SSSR count). The van der Waals surface area contributed by atoms with Crippen LogP contribution < -0.4 is 4.90 Å². The van der Waals surface area contributed by atoms with Crippen molar-refractivity contribution in [3.05, 3.63) is 200 Å². The number of rotatable bonds is 7. The van der Waals surface area contributed by atoms with Gasteiger partial charge in [0.25, 0.3) is 0 Å². The molecule has 0 radical (unpaired) electrons. The summed E-state index contributed by atoms with van der Waals surface area (Å²) in [5.41, 5.74) is 13.0. The maximum Gasteiger partial charge on any atom is 0.0640 e. The molecule has 0 saturated heterocycles. The van der Waals surface area contributed by atoms with Crippen LogP contribution >= 0.6 is 11.3 Å². The van der Waals surface area contributed by atoms with E-state index in [1.807, 2.05) is 11.3 Å². The Kier molecular flexibility index (Phi) is 7.77. The van der Waals surface area contributed by atoms with Crippen molar-refractivity contribution in [3.8, 4) is 44.5 Å². The molecule has 0 bridgehead atoms. The van der Waals surface area contributed by atoms with Gasteiger partial charge in [0.2, 0.25) is 0 Å². The van der Waals surface area contributed by atoms with E-state index in [2.05, 4.69) is 205 Å². The molecule has 1 nitrogen and oxygen atoms in total. The fourth-order valence-corrected chi connectivity index (χ4v) is 8.22. The molecular weight excluding hydrogens is 623 g/mol. The van der Waals surface area contributed by atoms with Gasteiger partial charge in [-0.15, -0.1) is 11.3 Å². The van der Waals surface area contributed by atoms with E-state index in [-0.39, 0.29) is 0 Å². The maximum absolute atomic E-state index is 2.46. The van der Waals surface area contributed by atoms with Gasteiger partial charge in [0, 0.05) is 26.7 Å². The quantitative estimate of drug-likeness (QED) is 0.165. The third kappa shape index (κ3) is 5.56. The molecule has 0 amide bonds. The second-order valence-corrected chi connectivity index (χ2v) is 13.6. The lowest BCUT2D eigenvalue weighted by atomic mass is 9.94. The zero-order chi connectivity index (χ0) is 33.3. The van der Waals surface area contributed by atoms with E-state index in [9.17, 15) is 0 Å². The summed E-state index contributed by atoms with van der Waals surface area (Å²) in [7, 11) is 0. The zero-order valence-electron chi connectivity index (χ0n) is 27.4. The standard InChI is InChI=1S/C48H33NS/c1-4-14-34(15-5-1)36-26-29-41(30-27-36)49(46-24-13-23-43-42-22-10-11-25-47(42)50-48(43)46)45-31-28-40(33-44(45)37-18-8-3-9-19-37)39-21-12-20-38(32-39)35-16-6-2-7-17-35/h1-33H. The van der Waals surface area contributed by atoms with E-state index in [1.165, 1.54) is 70.4 Å². The van der Waals surface area contributed by atoms with Crippen molar-refractivity contribution in [3.63, 3.8) is 0 Å². The second kappa shape index (κ2) is 13.0. The minimum absolute atomic E-state index is 1.12. The van der Waals surface area contributed by atoms with Crippen molar-refractivity contribution >= 4 is 48.6 Å². The molecule has 0 saturated carbocycles. The number of hydrogen-bond acceptors (Lipinski definition) is 2. The molecule has 1 heterocycles. The van der Waals surface area contributed by atoms with Gasteiger partial charge in [-0.25, -0.2) is 0 Å². The molecule has 9 aromatic rings. The number of anilines is 3. The molecule has 8 aromatic carbocycles. The summed E-state index contributed by atoms with van der Waals surface area (Å²) in [5.74, 6) is 0. The average molecular weight is 656 g/mol. The fourth-order valence-electron chi connectivity index (χ4n) is 7.02. The van der Waals surface area contributed by atoms with Gasteiger partial charge in [-0.2, -0.15) is 0 Å². The first-order valence-corrected chi connectivity index (χ1v) is 17.8. The van der Waals surface area contributed by atoms with Crippen LogP contribution in [0.3, 0.4) is 0 Å². The number of benzene rings is 8. The van der Waals surface area contributed by atoms with Crippen LogP contribution in [0.2, 0.25) is 0 Å². The summed E-state index contributed by atoms with van der Waals surface area (Å²) in [5, 5.41) is 2.58.